The molecule has 10 heteroatoms. The molecule has 1 atom stereocenters. The van der Waals surface area contributed by atoms with Crippen LogP contribution >= 0.6 is 11.3 Å². The van der Waals surface area contributed by atoms with Gasteiger partial charge >= 0.3 is 6.03 Å². The Morgan fingerprint density at radius 2 is 2.00 bits per heavy atom. The molecule has 30 heavy (non-hydrogen) atoms. The van der Waals surface area contributed by atoms with E-state index in [0.29, 0.717) is 24.1 Å². The Balaban J connectivity index is 1.70. The van der Waals surface area contributed by atoms with Crippen LogP contribution in [0.4, 0.5) is 14.9 Å². The second-order valence-electron chi connectivity index (χ2n) is 8.09. The summed E-state index contributed by atoms with van der Waals surface area (Å²) in [5, 5.41) is 18.4. The van der Waals surface area contributed by atoms with Crippen molar-refractivity contribution in [2.45, 2.75) is 55.8 Å². The largest absolute Gasteiger partial charge is 0.385 e. The monoisotopic (exact) mass is 451 g/mol. The summed E-state index contributed by atoms with van der Waals surface area (Å²) >= 11 is 0.718. The first kappa shape index (κ1) is 21.1. The smallest absolute Gasteiger partial charge is 0.354 e. The third-order valence-electron chi connectivity index (χ3n) is 5.38. The first-order chi connectivity index (χ1) is 14.0. The van der Waals surface area contributed by atoms with E-state index < -0.39 is 31.6 Å². The van der Waals surface area contributed by atoms with Crippen LogP contribution in [-0.2, 0) is 34.8 Å². The number of urea groups is 1. The lowest BCUT2D eigenvalue weighted by Gasteiger charge is -2.14. The third-order valence-corrected chi connectivity index (χ3v) is 8.73. The van der Waals surface area contributed by atoms with E-state index in [9.17, 15) is 23.3 Å². The van der Waals surface area contributed by atoms with Gasteiger partial charge < -0.3 is 10.4 Å². The Morgan fingerprint density at radius 1 is 1.27 bits per heavy atom. The number of ketones is 1. The number of nitrogens with zero attached hydrogens (tertiary/aromatic N) is 1. The molecule has 2 aliphatic rings. The molecule has 2 amide bonds. The van der Waals surface area contributed by atoms with E-state index >= 15 is 0 Å². The lowest BCUT2D eigenvalue weighted by atomic mass is 9.98. The molecule has 0 fully saturated rings. The Labute approximate surface area is 177 Å². The molecule has 0 saturated heterocycles. The van der Waals surface area contributed by atoms with E-state index in [0.717, 1.165) is 53.4 Å². The van der Waals surface area contributed by atoms with Crippen LogP contribution in [0, 0.1) is 5.82 Å². The van der Waals surface area contributed by atoms with Gasteiger partial charge in [-0.15, -0.1) is 15.7 Å². The Hall–Kier alpha value is -2.14. The maximum atomic E-state index is 14.3. The minimum atomic E-state index is -3.86. The van der Waals surface area contributed by atoms with Gasteiger partial charge in [-0.05, 0) is 68.4 Å². The van der Waals surface area contributed by atoms with E-state index in [2.05, 4.69) is 9.68 Å². The van der Waals surface area contributed by atoms with Crippen molar-refractivity contribution in [3.63, 3.8) is 0 Å². The van der Waals surface area contributed by atoms with Crippen molar-refractivity contribution in [2.75, 3.05) is 5.32 Å². The normalized spacial score (nSPS) is 17.4. The highest BCUT2D eigenvalue weighted by atomic mass is 32.2. The highest BCUT2D eigenvalue weighted by Gasteiger charge is 2.30. The average Bonchev–Trinajstić information content (AvgIpc) is 3.33. The number of carbonyl (C=O) groups is 2. The molecule has 1 aromatic heterocycles. The number of aryl methyl sites for hydroxylation is 1. The number of fused-ring (bicyclic) bond motifs is 2. The van der Waals surface area contributed by atoms with Gasteiger partial charge in [-0.25, -0.2) is 18.5 Å². The second kappa shape index (κ2) is 7.23. The molecule has 0 saturated carbocycles. The summed E-state index contributed by atoms with van der Waals surface area (Å²) in [6.45, 7) is 2.92. The summed E-state index contributed by atoms with van der Waals surface area (Å²) in [5.41, 5.74) is 2.55. The highest BCUT2D eigenvalue weighted by molar-refractivity contribution is 7.93. The van der Waals surface area contributed by atoms with Crippen molar-refractivity contribution >= 4 is 38.8 Å². The van der Waals surface area contributed by atoms with Crippen molar-refractivity contribution in [1.29, 1.82) is 0 Å². The molecule has 7 nitrogen and oxygen atoms in total. The number of benzene rings is 1. The van der Waals surface area contributed by atoms with Crippen LogP contribution in [0.15, 0.2) is 20.7 Å². The fraction of sp³-hybridized carbons (Fsp3) is 0.400. The van der Waals surface area contributed by atoms with Crippen molar-refractivity contribution in [1.82, 2.24) is 0 Å². The number of rotatable bonds is 3. The number of carbonyl (C=O) groups excluding carboxylic acids is 2. The molecule has 4 N–H and O–H groups in total. The molecule has 2 aliphatic carbocycles. The number of hydrogen-bond acceptors (Lipinski definition) is 5. The quantitative estimate of drug-likeness (QED) is 0.659. The first-order valence-electron chi connectivity index (χ1n) is 9.56. The van der Waals surface area contributed by atoms with Gasteiger partial charge in [0.05, 0.1) is 5.60 Å². The van der Waals surface area contributed by atoms with Gasteiger partial charge in [0.25, 0.3) is 0 Å². The zero-order chi connectivity index (χ0) is 21.8. The van der Waals surface area contributed by atoms with Gasteiger partial charge in [0.15, 0.2) is 25.7 Å². The molecular formula is C20H22FN3O4S2. The minimum Gasteiger partial charge on any atom is -0.385 e. The molecule has 0 aliphatic heterocycles. The summed E-state index contributed by atoms with van der Waals surface area (Å²) in [6, 6.07) is 2.00. The number of hydrogen-bond donors (Lipinski definition) is 3. The minimum absolute atomic E-state index is 0.0366. The summed E-state index contributed by atoms with van der Waals surface area (Å²) in [6.07, 6.45) is 3.40. The fourth-order valence-corrected chi connectivity index (χ4v) is 6.31. The molecule has 1 heterocycles. The number of amides is 2. The van der Waals surface area contributed by atoms with Crippen LogP contribution in [0.3, 0.4) is 0 Å². The summed E-state index contributed by atoms with van der Waals surface area (Å²) in [7, 11) is -3.86. The second-order valence-corrected chi connectivity index (χ2v) is 11.1. The van der Waals surface area contributed by atoms with Crippen LogP contribution in [0.2, 0.25) is 0 Å². The van der Waals surface area contributed by atoms with Crippen molar-refractivity contribution in [3.8, 4) is 0 Å². The topological polar surface area (TPSA) is 122 Å². The number of nitrogens with two attached hydrogens (primary N) is 1. The molecule has 1 aromatic carbocycles. The highest BCUT2D eigenvalue weighted by Crippen LogP contribution is 2.39. The van der Waals surface area contributed by atoms with Gasteiger partial charge in [-0.2, -0.15) is 0 Å². The maximum absolute atomic E-state index is 14.3. The summed E-state index contributed by atoms with van der Waals surface area (Å²) < 4.78 is 30.3. The number of halogens is 1. The first-order valence-corrected chi connectivity index (χ1v) is 12.0. The van der Waals surface area contributed by atoms with E-state index in [1.54, 1.807) is 0 Å². The van der Waals surface area contributed by atoms with Crippen molar-refractivity contribution < 1.29 is 23.3 Å². The number of anilines is 1. The molecule has 4 rings (SSSR count). The summed E-state index contributed by atoms with van der Waals surface area (Å²) in [5.74, 6) is -0.845. The van der Waals surface area contributed by atoms with Crippen LogP contribution in [-0.4, -0.2) is 21.1 Å². The number of thiophene rings is 1. The maximum Gasteiger partial charge on any atom is 0.354 e. The van der Waals surface area contributed by atoms with Crippen LogP contribution in [0.1, 0.15) is 58.6 Å². The Morgan fingerprint density at radius 3 is 2.67 bits per heavy atom. The molecule has 0 bridgehead atoms. The van der Waals surface area contributed by atoms with Gasteiger partial charge in [-0.3, -0.25) is 4.79 Å². The lowest BCUT2D eigenvalue weighted by molar-refractivity contribution is 0.0823. The number of Topliss-reactive ketones (excluding diaryl/α,β-unsaturated/α-hetero) is 1. The van der Waals surface area contributed by atoms with Gasteiger partial charge in [0, 0.05) is 22.5 Å². The predicted octanol–water partition coefficient (Wildman–Crippen LogP) is 3.66. The van der Waals surface area contributed by atoms with Gasteiger partial charge in [-0.1, -0.05) is 0 Å². The average molecular weight is 452 g/mol. The number of aliphatic hydroxyl groups is 1. The van der Waals surface area contributed by atoms with E-state index in [1.165, 1.54) is 13.8 Å². The Bertz CT molecular complexity index is 1200. The molecular weight excluding hydrogens is 429 g/mol. The molecule has 0 radical (unpaired) electrons. The standard InChI is InChI=1S/C20H22FN3O4S2/c1-20(2,27)16-9-14(21)18(29-16)30(22,28)24-19(26)23-17-11-5-3-4-10(11)8-13-12(17)6-7-15(13)25/h8-9,27H,3-7H2,1-2H3,(H3,22,23,24,26,28)/t30-/m1/s1. The molecule has 0 unspecified atom stereocenters. The van der Waals surface area contributed by atoms with E-state index in [1.807, 2.05) is 6.07 Å². The molecule has 0 spiro atoms. The van der Waals surface area contributed by atoms with Crippen molar-refractivity contribution in [2.24, 2.45) is 9.50 Å². The molecule has 160 valence electrons. The predicted molar refractivity (Wildman–Crippen MR) is 113 cm³/mol. The van der Waals surface area contributed by atoms with Crippen LogP contribution < -0.4 is 10.5 Å². The number of nitrogens with one attached hydrogen (secondary N) is 1. The van der Waals surface area contributed by atoms with Crippen molar-refractivity contribution in [3.05, 3.63) is 45.1 Å². The third kappa shape index (κ3) is 3.68. The SMILES string of the molecule is CC(C)(O)c1cc(F)c([S@](N)(=O)=NC(=O)Nc2c3c(cc4c2CCC4=O)CCC3)s1. The van der Waals surface area contributed by atoms with Gasteiger partial charge in [0.1, 0.15) is 0 Å². The molecule has 2 aromatic rings. The van der Waals surface area contributed by atoms with Crippen LogP contribution in [0.5, 0.6) is 0 Å². The van der Waals surface area contributed by atoms with E-state index in [-0.39, 0.29) is 10.7 Å². The van der Waals surface area contributed by atoms with E-state index in [4.69, 9.17) is 5.14 Å². The van der Waals surface area contributed by atoms with Crippen LogP contribution in [0.25, 0.3) is 0 Å². The van der Waals surface area contributed by atoms with Gasteiger partial charge in [0.2, 0.25) is 0 Å². The zero-order valence-corrected chi connectivity index (χ0v) is 18.2. The summed E-state index contributed by atoms with van der Waals surface area (Å²) in [4.78, 5) is 25.0. The zero-order valence-electron chi connectivity index (χ0n) is 16.6. The lowest BCUT2D eigenvalue weighted by Crippen LogP contribution is -2.19. The Kier molecular flexibility index (Phi) is 5.08. The fourth-order valence-electron chi connectivity index (χ4n) is 3.97.